The van der Waals surface area contributed by atoms with Crippen LogP contribution in [-0.4, -0.2) is 14.8 Å². The van der Waals surface area contributed by atoms with Gasteiger partial charge in [0, 0.05) is 6.07 Å². The first-order valence-electron chi connectivity index (χ1n) is 3.75. The second-order valence-corrected chi connectivity index (χ2v) is 3.56. The number of non-ortho nitro benzene ring substituents is 2. The Hall–Kier alpha value is -2.09. The fourth-order valence-corrected chi connectivity index (χ4v) is 1.91. The van der Waals surface area contributed by atoms with Gasteiger partial charge in [-0.15, -0.1) is 11.3 Å². The van der Waals surface area contributed by atoms with Crippen molar-refractivity contribution in [1.29, 1.82) is 0 Å². The normalized spacial score (nSPS) is 10.4. The minimum Gasteiger partial charge on any atom is -0.258 e. The smallest absolute Gasteiger partial charge is 0.258 e. The van der Waals surface area contributed by atoms with Gasteiger partial charge in [-0.05, 0) is 0 Å². The number of hydrogen-bond acceptors (Lipinski definition) is 6. The number of benzene rings is 1. The Morgan fingerprint density at radius 3 is 2.53 bits per heavy atom. The van der Waals surface area contributed by atoms with Gasteiger partial charge in [0.1, 0.15) is 0 Å². The van der Waals surface area contributed by atoms with Gasteiger partial charge in [-0.3, -0.25) is 20.2 Å². The topological polar surface area (TPSA) is 99.2 Å². The maximum Gasteiger partial charge on any atom is 0.303 e. The van der Waals surface area contributed by atoms with Crippen LogP contribution in [-0.2, 0) is 0 Å². The van der Waals surface area contributed by atoms with Crippen molar-refractivity contribution in [2.24, 2.45) is 0 Å². The van der Waals surface area contributed by atoms with Crippen molar-refractivity contribution in [3.63, 3.8) is 0 Å². The Morgan fingerprint density at radius 2 is 1.93 bits per heavy atom. The van der Waals surface area contributed by atoms with Gasteiger partial charge in [0.15, 0.2) is 5.52 Å². The molecule has 0 N–H and O–H groups in total. The summed E-state index contributed by atoms with van der Waals surface area (Å²) in [5.74, 6) is 0. The lowest BCUT2D eigenvalue weighted by Crippen LogP contribution is -1.93. The lowest BCUT2D eigenvalue weighted by atomic mass is 10.2. The lowest BCUT2D eigenvalue weighted by molar-refractivity contribution is -0.393. The summed E-state index contributed by atoms with van der Waals surface area (Å²) in [6.07, 6.45) is 0. The number of fused-ring (bicyclic) bond motifs is 1. The van der Waals surface area contributed by atoms with Gasteiger partial charge in [0.25, 0.3) is 5.69 Å². The summed E-state index contributed by atoms with van der Waals surface area (Å²) in [6, 6.07) is 2.20. The summed E-state index contributed by atoms with van der Waals surface area (Å²) in [5, 5.41) is 21.1. The molecule has 0 aliphatic rings. The number of nitro benzene ring substituents is 2. The van der Waals surface area contributed by atoms with Crippen molar-refractivity contribution in [3.8, 4) is 0 Å². The molecular weight excluding hydrogens is 222 g/mol. The molecule has 0 saturated carbocycles. The second kappa shape index (κ2) is 3.24. The third-order valence-electron chi connectivity index (χ3n) is 1.81. The van der Waals surface area contributed by atoms with Crippen LogP contribution in [0.5, 0.6) is 0 Å². The monoisotopic (exact) mass is 225 g/mol. The van der Waals surface area contributed by atoms with E-state index in [2.05, 4.69) is 4.98 Å². The maximum atomic E-state index is 10.6. The number of hydrogen-bond donors (Lipinski definition) is 0. The first-order chi connectivity index (χ1) is 7.09. The molecule has 1 aromatic carbocycles. The molecule has 0 atom stereocenters. The Bertz CT molecular complexity index is 564. The third-order valence-corrected chi connectivity index (χ3v) is 2.58. The summed E-state index contributed by atoms with van der Waals surface area (Å²) in [6.45, 7) is 0. The maximum absolute atomic E-state index is 10.6. The van der Waals surface area contributed by atoms with E-state index in [9.17, 15) is 20.2 Å². The molecule has 0 unspecified atom stereocenters. The largest absolute Gasteiger partial charge is 0.303 e. The van der Waals surface area contributed by atoms with Gasteiger partial charge < -0.3 is 0 Å². The minimum absolute atomic E-state index is 0.190. The van der Waals surface area contributed by atoms with Gasteiger partial charge in [-0.1, -0.05) is 0 Å². The molecule has 1 aromatic heterocycles. The minimum atomic E-state index is -0.672. The van der Waals surface area contributed by atoms with Crippen LogP contribution in [0.25, 0.3) is 10.2 Å². The van der Waals surface area contributed by atoms with Crippen LogP contribution in [0.2, 0.25) is 0 Å². The van der Waals surface area contributed by atoms with E-state index in [1.54, 1.807) is 0 Å². The van der Waals surface area contributed by atoms with Crippen LogP contribution >= 0.6 is 11.3 Å². The zero-order valence-electron chi connectivity index (χ0n) is 7.11. The van der Waals surface area contributed by atoms with Crippen LogP contribution in [0, 0.1) is 20.2 Å². The van der Waals surface area contributed by atoms with Crippen molar-refractivity contribution in [2.45, 2.75) is 0 Å². The Balaban J connectivity index is 2.80. The van der Waals surface area contributed by atoms with E-state index < -0.39 is 9.85 Å². The van der Waals surface area contributed by atoms with E-state index in [-0.39, 0.29) is 16.9 Å². The number of thiazole rings is 1. The van der Waals surface area contributed by atoms with E-state index in [0.717, 1.165) is 17.4 Å². The highest BCUT2D eigenvalue weighted by Gasteiger charge is 2.20. The molecule has 0 bridgehead atoms. The predicted octanol–water partition coefficient (Wildman–Crippen LogP) is 2.11. The molecule has 15 heavy (non-hydrogen) atoms. The third kappa shape index (κ3) is 1.50. The zero-order chi connectivity index (χ0) is 11.0. The van der Waals surface area contributed by atoms with E-state index in [1.807, 2.05) is 0 Å². The van der Waals surface area contributed by atoms with Crippen LogP contribution in [0.1, 0.15) is 0 Å². The molecule has 0 aliphatic heterocycles. The average molecular weight is 225 g/mol. The second-order valence-electron chi connectivity index (χ2n) is 2.68. The lowest BCUT2D eigenvalue weighted by Gasteiger charge is -1.93. The predicted molar refractivity (Wildman–Crippen MR) is 52.9 cm³/mol. The molecule has 0 radical (unpaired) electrons. The molecular formula is C7H3N3O4S. The molecule has 7 nitrogen and oxygen atoms in total. The van der Waals surface area contributed by atoms with Gasteiger partial charge in [0.05, 0.1) is 26.1 Å². The molecule has 2 rings (SSSR count). The first kappa shape index (κ1) is 9.46. The Morgan fingerprint density at radius 1 is 1.20 bits per heavy atom. The molecule has 76 valence electrons. The van der Waals surface area contributed by atoms with Crippen molar-refractivity contribution < 1.29 is 9.85 Å². The van der Waals surface area contributed by atoms with Crippen molar-refractivity contribution >= 4 is 32.9 Å². The Kier molecular flexibility index (Phi) is 2.05. The van der Waals surface area contributed by atoms with Crippen molar-refractivity contribution in [3.05, 3.63) is 37.9 Å². The van der Waals surface area contributed by atoms with E-state index >= 15 is 0 Å². The highest BCUT2D eigenvalue weighted by Crippen LogP contribution is 2.31. The number of nitro groups is 2. The van der Waals surface area contributed by atoms with Crippen LogP contribution in [0.15, 0.2) is 17.6 Å². The Labute approximate surface area is 86.3 Å². The van der Waals surface area contributed by atoms with Crippen LogP contribution < -0.4 is 0 Å². The zero-order valence-corrected chi connectivity index (χ0v) is 7.93. The average Bonchev–Trinajstić information content (AvgIpc) is 2.62. The molecule has 0 saturated heterocycles. The first-order valence-corrected chi connectivity index (χ1v) is 4.63. The SMILES string of the molecule is O=[N+]([O-])c1cc([N+](=O)[O-])c2ncsc2c1. The van der Waals surface area contributed by atoms with E-state index in [4.69, 9.17) is 0 Å². The summed E-state index contributed by atoms with van der Waals surface area (Å²) in [5.41, 5.74) is 0.982. The molecule has 1 heterocycles. The summed E-state index contributed by atoms with van der Waals surface area (Å²) < 4.78 is 0.441. The molecule has 2 aromatic rings. The van der Waals surface area contributed by atoms with Crippen molar-refractivity contribution in [1.82, 2.24) is 4.98 Å². The van der Waals surface area contributed by atoms with Gasteiger partial charge >= 0.3 is 5.69 Å². The fraction of sp³-hybridized carbons (Fsp3) is 0. The molecule has 0 spiro atoms. The molecule has 0 aliphatic carbocycles. The molecule has 0 fully saturated rings. The highest BCUT2D eigenvalue weighted by atomic mass is 32.1. The number of nitrogens with zero attached hydrogens (tertiary/aromatic N) is 3. The standard InChI is InChI=1S/C7H3N3O4S/c11-9(12)4-1-5(10(13)14)7-6(2-4)15-3-8-7/h1-3H. The van der Waals surface area contributed by atoms with E-state index in [0.29, 0.717) is 4.70 Å². The summed E-state index contributed by atoms with van der Waals surface area (Å²) in [7, 11) is 0. The number of rotatable bonds is 2. The molecule has 8 heteroatoms. The fourth-order valence-electron chi connectivity index (χ4n) is 1.18. The van der Waals surface area contributed by atoms with Crippen LogP contribution in [0.3, 0.4) is 0 Å². The summed E-state index contributed by atoms with van der Waals surface area (Å²) in [4.78, 5) is 23.6. The molecule has 0 amide bonds. The van der Waals surface area contributed by atoms with Gasteiger partial charge in [0.2, 0.25) is 0 Å². The quantitative estimate of drug-likeness (QED) is 0.575. The van der Waals surface area contributed by atoms with Crippen molar-refractivity contribution in [2.75, 3.05) is 0 Å². The number of aromatic nitrogens is 1. The summed E-state index contributed by atoms with van der Waals surface area (Å²) >= 11 is 1.13. The van der Waals surface area contributed by atoms with E-state index in [1.165, 1.54) is 11.6 Å². The van der Waals surface area contributed by atoms with Gasteiger partial charge in [-0.2, -0.15) is 0 Å². The van der Waals surface area contributed by atoms with Crippen LogP contribution in [0.4, 0.5) is 11.4 Å². The van der Waals surface area contributed by atoms with Gasteiger partial charge in [-0.25, -0.2) is 4.98 Å². The highest BCUT2D eigenvalue weighted by molar-refractivity contribution is 7.16.